The average Bonchev–Trinajstić information content (AvgIpc) is 2.35. The Morgan fingerprint density at radius 3 is 2.58 bits per heavy atom. The average molecular weight is 171 g/mol. The second-order valence-corrected chi connectivity index (χ2v) is 3.83. The van der Waals surface area contributed by atoms with Crippen LogP contribution >= 0.6 is 0 Å². The lowest BCUT2D eigenvalue weighted by molar-refractivity contribution is -0.124. The molecule has 0 aliphatic heterocycles. The quantitative estimate of drug-likeness (QED) is 0.641. The van der Waals surface area contributed by atoms with Crippen LogP contribution in [0.2, 0.25) is 0 Å². The van der Waals surface area contributed by atoms with Crippen LogP contribution in [0.3, 0.4) is 0 Å². The summed E-state index contributed by atoms with van der Waals surface area (Å²) in [7, 11) is 0. The van der Waals surface area contributed by atoms with E-state index >= 15 is 0 Å². The fraction of sp³-hybridized carbons (Fsp3) is 0.889. The Morgan fingerprint density at radius 1 is 1.50 bits per heavy atom. The Hall–Kier alpha value is -0.570. The molecular weight excluding hydrogens is 154 g/mol. The van der Waals surface area contributed by atoms with Crippen LogP contribution in [0.25, 0.3) is 0 Å². The van der Waals surface area contributed by atoms with Crippen LogP contribution in [0.5, 0.6) is 0 Å². The summed E-state index contributed by atoms with van der Waals surface area (Å²) in [6.07, 6.45) is 2.25. The van der Waals surface area contributed by atoms with E-state index in [4.69, 9.17) is 0 Å². The second-order valence-electron chi connectivity index (χ2n) is 3.83. The number of rotatable bonds is 2. The number of carbonyl (C=O) groups excluding carboxylic acids is 1. The predicted octanol–water partition coefficient (Wildman–Crippen LogP) is 0.672. The largest absolute Gasteiger partial charge is 0.393 e. The van der Waals surface area contributed by atoms with Crippen LogP contribution in [-0.2, 0) is 4.79 Å². The van der Waals surface area contributed by atoms with Gasteiger partial charge < -0.3 is 10.4 Å². The van der Waals surface area contributed by atoms with Gasteiger partial charge in [-0.2, -0.15) is 0 Å². The first-order valence-corrected chi connectivity index (χ1v) is 4.58. The third-order valence-corrected chi connectivity index (χ3v) is 2.28. The molecule has 0 aromatic carbocycles. The molecule has 1 saturated carbocycles. The summed E-state index contributed by atoms with van der Waals surface area (Å²) in [5.74, 6) is 0.136. The SMILES string of the molecule is CC(C)C(=O)NC1CCC(O)C1. The van der Waals surface area contributed by atoms with Crippen molar-refractivity contribution in [1.29, 1.82) is 0 Å². The van der Waals surface area contributed by atoms with Gasteiger partial charge in [0.1, 0.15) is 0 Å². The summed E-state index contributed by atoms with van der Waals surface area (Å²) in [5, 5.41) is 12.1. The number of nitrogens with one attached hydrogen (secondary N) is 1. The molecule has 0 bridgehead atoms. The van der Waals surface area contributed by atoms with E-state index in [0.717, 1.165) is 19.3 Å². The van der Waals surface area contributed by atoms with Gasteiger partial charge in [-0.05, 0) is 19.3 Å². The molecule has 2 atom stereocenters. The highest BCUT2D eigenvalue weighted by Gasteiger charge is 2.24. The maximum absolute atomic E-state index is 11.2. The molecule has 12 heavy (non-hydrogen) atoms. The van der Waals surface area contributed by atoms with Crippen molar-refractivity contribution in [3.8, 4) is 0 Å². The lowest BCUT2D eigenvalue weighted by atomic mass is 10.1. The molecule has 3 heteroatoms. The van der Waals surface area contributed by atoms with Crippen molar-refractivity contribution in [2.24, 2.45) is 5.92 Å². The topological polar surface area (TPSA) is 49.3 Å². The molecule has 3 nitrogen and oxygen atoms in total. The molecule has 2 N–H and O–H groups in total. The lowest BCUT2D eigenvalue weighted by Crippen LogP contribution is -2.36. The van der Waals surface area contributed by atoms with Gasteiger partial charge in [-0.1, -0.05) is 13.8 Å². The molecule has 0 spiro atoms. The molecule has 0 heterocycles. The standard InChI is InChI=1S/C9H17NO2/c1-6(2)9(12)10-7-3-4-8(11)5-7/h6-8,11H,3-5H2,1-2H3,(H,10,12). The van der Waals surface area contributed by atoms with Crippen LogP contribution in [-0.4, -0.2) is 23.2 Å². The highest BCUT2D eigenvalue weighted by atomic mass is 16.3. The summed E-state index contributed by atoms with van der Waals surface area (Å²) in [4.78, 5) is 11.2. The van der Waals surface area contributed by atoms with Gasteiger partial charge >= 0.3 is 0 Å². The van der Waals surface area contributed by atoms with Crippen molar-refractivity contribution in [1.82, 2.24) is 5.32 Å². The predicted molar refractivity (Wildman–Crippen MR) is 46.6 cm³/mol. The summed E-state index contributed by atoms with van der Waals surface area (Å²) in [6.45, 7) is 3.75. The van der Waals surface area contributed by atoms with Crippen LogP contribution in [0.4, 0.5) is 0 Å². The molecule has 1 aliphatic rings. The number of hydrogen-bond acceptors (Lipinski definition) is 2. The molecule has 2 unspecified atom stereocenters. The van der Waals surface area contributed by atoms with E-state index in [-0.39, 0.29) is 24.0 Å². The molecule has 70 valence electrons. The second kappa shape index (κ2) is 3.90. The van der Waals surface area contributed by atoms with E-state index in [1.807, 2.05) is 13.8 Å². The molecule has 1 aliphatic carbocycles. The van der Waals surface area contributed by atoms with Gasteiger partial charge in [0.15, 0.2) is 0 Å². The summed E-state index contributed by atoms with van der Waals surface area (Å²) < 4.78 is 0. The first-order chi connectivity index (χ1) is 5.59. The Morgan fingerprint density at radius 2 is 2.17 bits per heavy atom. The third kappa shape index (κ3) is 2.48. The van der Waals surface area contributed by atoms with Crippen LogP contribution in [0.1, 0.15) is 33.1 Å². The van der Waals surface area contributed by atoms with Crippen molar-refractivity contribution in [2.75, 3.05) is 0 Å². The third-order valence-electron chi connectivity index (χ3n) is 2.28. The van der Waals surface area contributed by atoms with E-state index in [9.17, 15) is 9.90 Å². The van der Waals surface area contributed by atoms with E-state index in [1.165, 1.54) is 0 Å². The Bertz CT molecular complexity index is 168. The minimum atomic E-state index is -0.206. The maximum Gasteiger partial charge on any atom is 0.222 e. The lowest BCUT2D eigenvalue weighted by Gasteiger charge is -2.13. The summed E-state index contributed by atoms with van der Waals surface area (Å²) in [6, 6.07) is 0.204. The molecule has 0 saturated heterocycles. The molecule has 1 amide bonds. The van der Waals surface area contributed by atoms with Crippen molar-refractivity contribution >= 4 is 5.91 Å². The number of amides is 1. The highest BCUT2D eigenvalue weighted by molar-refractivity contribution is 5.78. The Balaban J connectivity index is 2.28. The highest BCUT2D eigenvalue weighted by Crippen LogP contribution is 2.18. The van der Waals surface area contributed by atoms with Crippen molar-refractivity contribution in [3.05, 3.63) is 0 Å². The first-order valence-electron chi connectivity index (χ1n) is 4.58. The zero-order valence-electron chi connectivity index (χ0n) is 7.71. The number of aliphatic hydroxyl groups is 1. The molecule has 0 aromatic heterocycles. The number of carbonyl (C=O) groups is 1. The molecule has 0 aromatic rings. The molecule has 1 fully saturated rings. The fourth-order valence-corrected chi connectivity index (χ4v) is 1.46. The number of hydrogen-bond donors (Lipinski definition) is 2. The summed E-state index contributed by atoms with van der Waals surface area (Å²) in [5.41, 5.74) is 0. The van der Waals surface area contributed by atoms with E-state index < -0.39 is 0 Å². The monoisotopic (exact) mass is 171 g/mol. The van der Waals surface area contributed by atoms with E-state index in [2.05, 4.69) is 5.32 Å². The Labute approximate surface area is 73.2 Å². The van der Waals surface area contributed by atoms with Gasteiger partial charge in [-0.3, -0.25) is 4.79 Å². The zero-order chi connectivity index (χ0) is 9.14. The first kappa shape index (κ1) is 9.52. The van der Waals surface area contributed by atoms with Gasteiger partial charge in [0.2, 0.25) is 5.91 Å². The smallest absolute Gasteiger partial charge is 0.222 e. The summed E-state index contributed by atoms with van der Waals surface area (Å²) >= 11 is 0. The number of aliphatic hydroxyl groups excluding tert-OH is 1. The zero-order valence-corrected chi connectivity index (χ0v) is 7.71. The van der Waals surface area contributed by atoms with Gasteiger partial charge in [0.05, 0.1) is 6.10 Å². The fourth-order valence-electron chi connectivity index (χ4n) is 1.46. The van der Waals surface area contributed by atoms with Crippen LogP contribution in [0.15, 0.2) is 0 Å². The minimum absolute atomic E-state index is 0.0442. The van der Waals surface area contributed by atoms with E-state index in [0.29, 0.717) is 0 Å². The minimum Gasteiger partial charge on any atom is -0.393 e. The maximum atomic E-state index is 11.2. The van der Waals surface area contributed by atoms with Crippen molar-refractivity contribution in [2.45, 2.75) is 45.3 Å². The molecular formula is C9H17NO2. The normalized spacial score (nSPS) is 29.3. The van der Waals surface area contributed by atoms with E-state index in [1.54, 1.807) is 0 Å². The van der Waals surface area contributed by atoms with Crippen molar-refractivity contribution < 1.29 is 9.90 Å². The van der Waals surface area contributed by atoms with Crippen LogP contribution in [0, 0.1) is 5.92 Å². The van der Waals surface area contributed by atoms with Gasteiger partial charge in [-0.15, -0.1) is 0 Å². The van der Waals surface area contributed by atoms with Gasteiger partial charge in [0.25, 0.3) is 0 Å². The Kier molecular flexibility index (Phi) is 3.09. The van der Waals surface area contributed by atoms with Gasteiger partial charge in [-0.25, -0.2) is 0 Å². The van der Waals surface area contributed by atoms with Gasteiger partial charge in [0, 0.05) is 12.0 Å². The molecule has 0 radical (unpaired) electrons. The van der Waals surface area contributed by atoms with Crippen LogP contribution < -0.4 is 5.32 Å². The van der Waals surface area contributed by atoms with Crippen molar-refractivity contribution in [3.63, 3.8) is 0 Å². The molecule has 1 rings (SSSR count).